The Morgan fingerprint density at radius 1 is 1.44 bits per heavy atom. The molecule has 0 radical (unpaired) electrons. The number of hydrogen-bond donors (Lipinski definition) is 1. The molecule has 0 atom stereocenters. The van der Waals surface area contributed by atoms with Crippen molar-refractivity contribution in [3.8, 4) is 5.88 Å². The fraction of sp³-hybridized carbons (Fsp3) is 0.583. The zero-order valence-electron chi connectivity index (χ0n) is 9.77. The fourth-order valence-corrected chi connectivity index (χ4v) is 1.87. The van der Waals surface area contributed by atoms with Gasteiger partial charge in [0.05, 0.1) is 13.2 Å². The number of ether oxygens (including phenoxy) is 2. The zero-order valence-corrected chi connectivity index (χ0v) is 9.77. The Bertz CT molecular complexity index is 338. The van der Waals surface area contributed by atoms with E-state index in [0.717, 1.165) is 25.3 Å². The van der Waals surface area contributed by atoms with Crippen molar-refractivity contribution >= 4 is 5.82 Å². The van der Waals surface area contributed by atoms with Crippen LogP contribution < -0.4 is 10.1 Å². The quantitative estimate of drug-likeness (QED) is 0.828. The molecule has 16 heavy (non-hydrogen) atoms. The van der Waals surface area contributed by atoms with Crippen molar-refractivity contribution < 1.29 is 9.47 Å². The van der Waals surface area contributed by atoms with Crippen molar-refractivity contribution in [3.63, 3.8) is 0 Å². The third-order valence-electron chi connectivity index (χ3n) is 2.78. The van der Waals surface area contributed by atoms with Gasteiger partial charge < -0.3 is 14.8 Å². The molecule has 0 unspecified atom stereocenters. The molecule has 0 bridgehead atoms. The predicted molar refractivity (Wildman–Crippen MR) is 62.8 cm³/mol. The summed E-state index contributed by atoms with van der Waals surface area (Å²) in [5.41, 5.74) is 0. The number of anilines is 1. The molecule has 1 N–H and O–H groups in total. The molecule has 2 rings (SSSR count). The van der Waals surface area contributed by atoms with E-state index in [1.807, 2.05) is 25.1 Å². The van der Waals surface area contributed by atoms with Gasteiger partial charge in [0.15, 0.2) is 0 Å². The van der Waals surface area contributed by atoms with Crippen LogP contribution >= 0.6 is 0 Å². The molecule has 1 saturated carbocycles. The Labute approximate surface area is 96.0 Å². The molecule has 0 saturated heterocycles. The molecule has 1 aromatic rings. The van der Waals surface area contributed by atoms with Crippen LogP contribution in [0.25, 0.3) is 0 Å². The number of nitrogens with one attached hydrogen (secondary N) is 1. The van der Waals surface area contributed by atoms with Gasteiger partial charge in [0.1, 0.15) is 5.82 Å². The lowest BCUT2D eigenvalue weighted by Crippen LogP contribution is -2.41. The van der Waals surface area contributed by atoms with Gasteiger partial charge in [-0.05, 0) is 25.8 Å². The summed E-state index contributed by atoms with van der Waals surface area (Å²) in [4.78, 5) is 4.31. The van der Waals surface area contributed by atoms with Gasteiger partial charge in [0.25, 0.3) is 0 Å². The van der Waals surface area contributed by atoms with E-state index in [-0.39, 0.29) is 0 Å². The Morgan fingerprint density at radius 2 is 2.25 bits per heavy atom. The molecule has 4 heteroatoms. The summed E-state index contributed by atoms with van der Waals surface area (Å²) in [6.45, 7) is 2.83. The van der Waals surface area contributed by atoms with Crippen LogP contribution in [0.2, 0.25) is 0 Å². The lowest BCUT2D eigenvalue weighted by Gasteiger charge is -2.35. The molecular formula is C12H18N2O2. The molecule has 0 aliphatic heterocycles. The highest BCUT2D eigenvalue weighted by Gasteiger charge is 2.29. The molecule has 0 amide bonds. The van der Waals surface area contributed by atoms with E-state index in [1.54, 1.807) is 7.11 Å². The highest BCUT2D eigenvalue weighted by molar-refractivity contribution is 5.38. The van der Waals surface area contributed by atoms with E-state index in [4.69, 9.17) is 9.47 Å². The second-order valence-electron chi connectivity index (χ2n) is 3.96. The highest BCUT2D eigenvalue weighted by atomic mass is 16.5. The number of nitrogens with zero attached hydrogens (tertiary/aromatic N) is 1. The first-order valence-electron chi connectivity index (χ1n) is 5.71. The highest BCUT2D eigenvalue weighted by Crippen LogP contribution is 2.26. The Morgan fingerprint density at radius 3 is 2.94 bits per heavy atom. The summed E-state index contributed by atoms with van der Waals surface area (Å²) >= 11 is 0. The van der Waals surface area contributed by atoms with Crippen LogP contribution in [0.5, 0.6) is 5.88 Å². The number of hydrogen-bond acceptors (Lipinski definition) is 4. The maximum atomic E-state index is 5.51. The summed E-state index contributed by atoms with van der Waals surface area (Å²) in [5.74, 6) is 1.52. The minimum Gasteiger partial charge on any atom is -0.481 e. The molecule has 1 aliphatic rings. The Balaban J connectivity index is 1.82. The first-order valence-corrected chi connectivity index (χ1v) is 5.71. The third kappa shape index (κ3) is 2.64. The van der Waals surface area contributed by atoms with Crippen LogP contribution in [-0.4, -0.2) is 30.8 Å². The van der Waals surface area contributed by atoms with Crippen LogP contribution in [0.3, 0.4) is 0 Å². The number of aromatic nitrogens is 1. The van der Waals surface area contributed by atoms with E-state index in [9.17, 15) is 0 Å². The van der Waals surface area contributed by atoms with Crippen molar-refractivity contribution in [2.45, 2.75) is 31.9 Å². The van der Waals surface area contributed by atoms with Crippen molar-refractivity contribution in [2.75, 3.05) is 19.0 Å². The first-order chi connectivity index (χ1) is 7.81. The van der Waals surface area contributed by atoms with Crippen molar-refractivity contribution in [1.82, 2.24) is 4.98 Å². The lowest BCUT2D eigenvalue weighted by molar-refractivity contribution is 0.00292. The van der Waals surface area contributed by atoms with Crippen LogP contribution in [0, 0.1) is 0 Å². The average molecular weight is 222 g/mol. The second-order valence-corrected chi connectivity index (χ2v) is 3.96. The van der Waals surface area contributed by atoms with Gasteiger partial charge in [-0.15, -0.1) is 0 Å². The maximum Gasteiger partial charge on any atom is 0.214 e. The molecule has 4 nitrogen and oxygen atoms in total. The molecule has 88 valence electrons. The monoisotopic (exact) mass is 222 g/mol. The van der Waals surface area contributed by atoms with Crippen LogP contribution in [0.1, 0.15) is 19.8 Å². The summed E-state index contributed by atoms with van der Waals surface area (Å²) in [6, 6.07) is 6.22. The summed E-state index contributed by atoms with van der Waals surface area (Å²) in [7, 11) is 1.63. The molecule has 0 spiro atoms. The van der Waals surface area contributed by atoms with E-state index >= 15 is 0 Å². The third-order valence-corrected chi connectivity index (χ3v) is 2.78. The summed E-state index contributed by atoms with van der Waals surface area (Å²) in [6.07, 6.45) is 2.55. The second kappa shape index (κ2) is 5.16. The molecular weight excluding hydrogens is 204 g/mol. The summed E-state index contributed by atoms with van der Waals surface area (Å²) < 4.78 is 10.6. The Hall–Kier alpha value is -1.29. The van der Waals surface area contributed by atoms with Gasteiger partial charge in [0, 0.05) is 18.7 Å². The van der Waals surface area contributed by atoms with Gasteiger partial charge in [0.2, 0.25) is 5.88 Å². The average Bonchev–Trinajstić information content (AvgIpc) is 2.27. The summed E-state index contributed by atoms with van der Waals surface area (Å²) in [5, 5.41) is 3.37. The van der Waals surface area contributed by atoms with Crippen molar-refractivity contribution in [2.24, 2.45) is 0 Å². The van der Waals surface area contributed by atoms with Crippen LogP contribution in [0.15, 0.2) is 18.2 Å². The molecule has 1 aromatic heterocycles. The van der Waals surface area contributed by atoms with Gasteiger partial charge in [-0.1, -0.05) is 6.07 Å². The van der Waals surface area contributed by atoms with Crippen molar-refractivity contribution in [1.29, 1.82) is 0 Å². The van der Waals surface area contributed by atoms with Crippen LogP contribution in [0.4, 0.5) is 5.82 Å². The fourth-order valence-electron chi connectivity index (χ4n) is 1.87. The van der Waals surface area contributed by atoms with Crippen LogP contribution in [-0.2, 0) is 4.74 Å². The maximum absolute atomic E-state index is 5.51. The SMILES string of the molecule is CCOC1CC(Nc2cccc(OC)n2)C1. The molecule has 0 aromatic carbocycles. The van der Waals surface area contributed by atoms with E-state index in [2.05, 4.69) is 10.3 Å². The number of rotatable bonds is 5. The smallest absolute Gasteiger partial charge is 0.214 e. The van der Waals surface area contributed by atoms with Gasteiger partial charge >= 0.3 is 0 Å². The number of methoxy groups -OCH3 is 1. The van der Waals surface area contributed by atoms with Gasteiger partial charge in [-0.2, -0.15) is 4.98 Å². The lowest BCUT2D eigenvalue weighted by atomic mass is 9.89. The zero-order chi connectivity index (χ0) is 11.4. The van der Waals surface area contributed by atoms with Crippen molar-refractivity contribution in [3.05, 3.63) is 18.2 Å². The molecule has 1 fully saturated rings. The minimum absolute atomic E-state index is 0.424. The van der Waals surface area contributed by atoms with Gasteiger partial charge in [-0.3, -0.25) is 0 Å². The Kier molecular flexibility index (Phi) is 3.62. The molecule has 1 heterocycles. The predicted octanol–water partition coefficient (Wildman–Crippen LogP) is 2.07. The largest absolute Gasteiger partial charge is 0.481 e. The van der Waals surface area contributed by atoms with Gasteiger partial charge in [-0.25, -0.2) is 0 Å². The number of pyridine rings is 1. The first kappa shape index (κ1) is 11.2. The van der Waals surface area contributed by atoms with E-state index in [0.29, 0.717) is 18.0 Å². The molecule has 1 aliphatic carbocycles. The standard InChI is InChI=1S/C12H18N2O2/c1-3-16-10-7-9(8-10)13-11-5-4-6-12(14-11)15-2/h4-6,9-10H,3,7-8H2,1-2H3,(H,13,14). The minimum atomic E-state index is 0.424. The van der Waals surface area contributed by atoms with E-state index < -0.39 is 0 Å². The topological polar surface area (TPSA) is 43.4 Å². The normalized spacial score (nSPS) is 23.6. The van der Waals surface area contributed by atoms with E-state index in [1.165, 1.54) is 0 Å².